The molecule has 0 aliphatic rings. The molecule has 1 nitrogen and oxygen atoms in total. The average molecular weight is 102 g/mol. The second kappa shape index (κ2) is 554. The van der Waals surface area contributed by atoms with Crippen LogP contribution in [0.15, 0.2) is 25.8 Å². The maximum atomic E-state index is 7.00. The molecule has 0 saturated carbocycles. The van der Waals surface area contributed by atoms with Crippen molar-refractivity contribution in [2.24, 2.45) is 0 Å². The van der Waals surface area contributed by atoms with Gasteiger partial charge in [0.1, 0.15) is 0 Å². The van der Waals surface area contributed by atoms with E-state index in [4.69, 9.17) is 5.11 Å². The lowest BCUT2D eigenvalue weighted by atomic mass is 10.8. The van der Waals surface area contributed by atoms with Gasteiger partial charge in [0.2, 0.25) is 0 Å². The quantitative estimate of drug-likeness (QED) is 0.461. The average Bonchev–Trinajstić information content (AvgIpc) is 1.78. The summed E-state index contributed by atoms with van der Waals surface area (Å²) in [7, 11) is 1.00. The molecule has 0 saturated heterocycles. The molecule has 0 radical (unpaired) electrons. The van der Waals surface area contributed by atoms with Gasteiger partial charge in [0.25, 0.3) is 0 Å². The highest BCUT2D eigenvalue weighted by atomic mass is 16.2. The van der Waals surface area contributed by atoms with Crippen molar-refractivity contribution in [1.29, 1.82) is 0 Å². The number of hydrogen-bond acceptors (Lipinski definition) is 1. The van der Waals surface area contributed by atoms with Crippen LogP contribution in [0.25, 0.3) is 0 Å². The van der Waals surface area contributed by atoms with Crippen LogP contribution in [0, 0.1) is 0 Å². The maximum absolute atomic E-state index is 7.00. The molecule has 0 aliphatic heterocycles. The number of rotatable bonds is 0. The zero-order valence-electron chi connectivity index (χ0n) is 5.15. The van der Waals surface area contributed by atoms with Crippen LogP contribution in [-0.4, -0.2) is 12.2 Å². The zero-order valence-corrected chi connectivity index (χ0v) is 5.15. The summed E-state index contributed by atoms with van der Waals surface area (Å²) in [6.07, 6.45) is 1.75. The predicted molar refractivity (Wildman–Crippen MR) is 35.3 cm³/mol. The first-order valence-electron chi connectivity index (χ1n) is 1.93. The molecule has 0 bridgehead atoms. The van der Waals surface area contributed by atoms with Gasteiger partial charge >= 0.3 is 0 Å². The van der Waals surface area contributed by atoms with Crippen molar-refractivity contribution in [3.63, 3.8) is 0 Å². The van der Waals surface area contributed by atoms with Crippen LogP contribution in [0.1, 0.15) is 6.92 Å². The highest BCUT2D eigenvalue weighted by Gasteiger charge is 1.15. The van der Waals surface area contributed by atoms with E-state index in [0.717, 1.165) is 7.11 Å². The lowest BCUT2D eigenvalue weighted by molar-refractivity contribution is 0.399. The lowest BCUT2D eigenvalue weighted by Gasteiger charge is -1.31. The molecule has 7 heavy (non-hydrogen) atoms. The summed E-state index contributed by atoms with van der Waals surface area (Å²) in [4.78, 5) is 0. The molecule has 1 heteroatoms. The molecule has 44 valence electrons. The minimum absolute atomic E-state index is 1.00. The molecule has 0 rings (SSSR count). The summed E-state index contributed by atoms with van der Waals surface area (Å²) in [5.41, 5.74) is 0. The molecule has 1 N–H and O–H groups in total. The Bertz CT molecular complexity index is 18.1. The van der Waals surface area contributed by atoms with E-state index >= 15 is 0 Å². The molecule has 0 aliphatic carbocycles. The Morgan fingerprint density at radius 2 is 1.29 bits per heavy atom. The van der Waals surface area contributed by atoms with Crippen LogP contribution < -0.4 is 0 Å². The van der Waals surface area contributed by atoms with Crippen molar-refractivity contribution in [2.75, 3.05) is 7.11 Å². The van der Waals surface area contributed by atoms with Gasteiger partial charge in [-0.05, 0) is 6.92 Å². The van der Waals surface area contributed by atoms with E-state index in [1.54, 1.807) is 6.08 Å². The highest BCUT2D eigenvalue weighted by molar-refractivity contribution is 4.51. The standard InChI is InChI=1S/C3H6.C2H4.CH4O/c1-3-2;2*1-2/h3H,1H2,2H3;1-2H2;2H,1H3. The van der Waals surface area contributed by atoms with Crippen LogP contribution in [-0.2, 0) is 0 Å². The minimum Gasteiger partial charge on any atom is -0.400 e. The Kier molecular flexibility index (Phi) is 1270. The monoisotopic (exact) mass is 102 g/mol. The first-order valence-corrected chi connectivity index (χ1v) is 1.93. The third-order valence-electron chi connectivity index (χ3n) is 0. The fraction of sp³-hybridized carbons (Fsp3) is 0.333. The molecule has 0 amide bonds. The highest BCUT2D eigenvalue weighted by Crippen LogP contribution is 1.38. The normalized spacial score (nSPS) is 3.29. The van der Waals surface area contributed by atoms with Crippen molar-refractivity contribution in [2.45, 2.75) is 6.92 Å². The van der Waals surface area contributed by atoms with Crippen LogP contribution >= 0.6 is 0 Å². The Morgan fingerprint density at radius 3 is 1.29 bits per heavy atom. The van der Waals surface area contributed by atoms with Crippen LogP contribution in [0.2, 0.25) is 0 Å². The second-order valence-electron chi connectivity index (χ2n) is 0.408. The molecule has 0 aromatic carbocycles. The first kappa shape index (κ1) is 16.1. The van der Waals surface area contributed by atoms with E-state index < -0.39 is 0 Å². The summed E-state index contributed by atoms with van der Waals surface area (Å²) in [6, 6.07) is 0. The molecule has 0 spiro atoms. The number of allylic oxidation sites excluding steroid dienone is 1. The van der Waals surface area contributed by atoms with Crippen LogP contribution in [0.3, 0.4) is 0 Å². The van der Waals surface area contributed by atoms with E-state index in [1.165, 1.54) is 0 Å². The second-order valence-corrected chi connectivity index (χ2v) is 0.408. The van der Waals surface area contributed by atoms with Gasteiger partial charge in [-0.15, -0.1) is 19.7 Å². The number of aliphatic hydroxyl groups excluding tert-OH is 1. The van der Waals surface area contributed by atoms with Gasteiger partial charge in [0.05, 0.1) is 0 Å². The van der Waals surface area contributed by atoms with Gasteiger partial charge in [-0.1, -0.05) is 6.08 Å². The minimum atomic E-state index is 1.00. The van der Waals surface area contributed by atoms with Gasteiger partial charge in [-0.2, -0.15) is 0 Å². The summed E-state index contributed by atoms with van der Waals surface area (Å²) in [5, 5.41) is 7.00. The van der Waals surface area contributed by atoms with Crippen molar-refractivity contribution in [3.8, 4) is 0 Å². The summed E-state index contributed by atoms with van der Waals surface area (Å²) < 4.78 is 0. The lowest BCUT2D eigenvalue weighted by Crippen LogP contribution is -1.25. The van der Waals surface area contributed by atoms with E-state index in [0.29, 0.717) is 0 Å². The van der Waals surface area contributed by atoms with E-state index in [9.17, 15) is 0 Å². The zero-order chi connectivity index (χ0) is 6.71. The molecule has 0 aromatic rings. The molecule has 0 aromatic heterocycles. The Balaban J connectivity index is -0.0000000360. The van der Waals surface area contributed by atoms with Gasteiger partial charge in [0.15, 0.2) is 0 Å². The maximum Gasteiger partial charge on any atom is 0.0319 e. The fourth-order valence-corrected chi connectivity index (χ4v) is 0. The third-order valence-corrected chi connectivity index (χ3v) is 0. The molecule has 0 fully saturated rings. The largest absolute Gasteiger partial charge is 0.400 e. The summed E-state index contributed by atoms with van der Waals surface area (Å²) in [6.45, 7) is 11.2. The van der Waals surface area contributed by atoms with E-state index in [1.807, 2.05) is 6.92 Å². The smallest absolute Gasteiger partial charge is 0.0319 e. The van der Waals surface area contributed by atoms with Crippen molar-refractivity contribution in [1.82, 2.24) is 0 Å². The summed E-state index contributed by atoms with van der Waals surface area (Å²) >= 11 is 0. The van der Waals surface area contributed by atoms with Gasteiger partial charge in [-0.25, -0.2) is 0 Å². The van der Waals surface area contributed by atoms with Gasteiger partial charge in [0, 0.05) is 7.11 Å². The Morgan fingerprint density at radius 1 is 1.29 bits per heavy atom. The van der Waals surface area contributed by atoms with Crippen molar-refractivity contribution in [3.05, 3.63) is 25.8 Å². The Labute approximate surface area is 46.0 Å². The van der Waals surface area contributed by atoms with Crippen molar-refractivity contribution >= 4 is 0 Å². The van der Waals surface area contributed by atoms with Crippen LogP contribution in [0.4, 0.5) is 0 Å². The van der Waals surface area contributed by atoms with Gasteiger partial charge < -0.3 is 5.11 Å². The van der Waals surface area contributed by atoms with Gasteiger partial charge in [-0.3, -0.25) is 0 Å². The molecular weight excluding hydrogens is 88.1 g/mol. The third kappa shape index (κ3) is 205. The number of aliphatic hydroxyl groups is 1. The molecular formula is C6H14O. The van der Waals surface area contributed by atoms with Crippen molar-refractivity contribution < 1.29 is 5.11 Å². The fourth-order valence-electron chi connectivity index (χ4n) is 0. The summed E-state index contributed by atoms with van der Waals surface area (Å²) in [5.74, 6) is 0. The molecule has 0 unspecified atom stereocenters. The van der Waals surface area contributed by atoms with Crippen LogP contribution in [0.5, 0.6) is 0 Å². The van der Waals surface area contributed by atoms with E-state index in [2.05, 4.69) is 19.7 Å². The molecule has 0 heterocycles. The SMILES string of the molecule is C=C.C=CC.CO. The Hall–Kier alpha value is -0.560. The van der Waals surface area contributed by atoms with E-state index in [-0.39, 0.29) is 0 Å². The first-order chi connectivity index (χ1) is 3.41. The predicted octanol–water partition coefficient (Wildman–Crippen LogP) is 1.60. The number of hydrogen-bond donors (Lipinski definition) is 1. The molecule has 0 atom stereocenters. The topological polar surface area (TPSA) is 20.2 Å².